The third-order valence-corrected chi connectivity index (χ3v) is 8.21. The van der Waals surface area contributed by atoms with Crippen molar-refractivity contribution in [2.24, 2.45) is 29.1 Å². The lowest BCUT2D eigenvalue weighted by atomic mass is 9.48. The zero-order chi connectivity index (χ0) is 22.3. The molecule has 5 rings (SSSR count). The van der Waals surface area contributed by atoms with Gasteiger partial charge in [0.2, 0.25) is 0 Å². The van der Waals surface area contributed by atoms with Crippen molar-refractivity contribution in [3.63, 3.8) is 0 Å². The summed E-state index contributed by atoms with van der Waals surface area (Å²) in [5.41, 5.74) is -1.04. The van der Waals surface area contributed by atoms with Gasteiger partial charge < -0.3 is 14.7 Å². The minimum absolute atomic E-state index is 0.0584. The van der Waals surface area contributed by atoms with Crippen molar-refractivity contribution in [1.82, 2.24) is 0 Å². The summed E-state index contributed by atoms with van der Waals surface area (Å²) in [5.74, 6) is -0.635. The fraction of sp³-hybridized carbons (Fsp3) is 0.905. The van der Waals surface area contributed by atoms with E-state index < -0.39 is 34.3 Å². The van der Waals surface area contributed by atoms with E-state index in [0.29, 0.717) is 24.2 Å². The molecule has 0 aromatic carbocycles. The van der Waals surface area contributed by atoms with E-state index >= 15 is 0 Å². The van der Waals surface area contributed by atoms with Gasteiger partial charge in [-0.2, -0.15) is 13.1 Å². The van der Waals surface area contributed by atoms with Crippen LogP contribution in [0.4, 0.5) is 8.78 Å². The molecule has 4 bridgehead atoms. The van der Waals surface area contributed by atoms with Crippen LogP contribution in [-0.2, 0) is 28.4 Å². The van der Waals surface area contributed by atoms with E-state index in [2.05, 4.69) is 16.3 Å². The van der Waals surface area contributed by atoms with Crippen LogP contribution in [0.2, 0.25) is 0 Å². The van der Waals surface area contributed by atoms with E-state index in [1.165, 1.54) is 0 Å². The maximum atomic E-state index is 13.7. The van der Waals surface area contributed by atoms with Crippen LogP contribution in [0.5, 0.6) is 0 Å². The van der Waals surface area contributed by atoms with Crippen molar-refractivity contribution >= 4 is 24.0 Å². The molecule has 5 saturated carbocycles. The maximum absolute atomic E-state index is 13.7. The van der Waals surface area contributed by atoms with Gasteiger partial charge in [-0.05, 0) is 82.0 Å². The van der Waals surface area contributed by atoms with Crippen LogP contribution in [0.3, 0.4) is 0 Å². The molecule has 2 unspecified atom stereocenters. The topological polar surface area (TPSA) is 94.1 Å². The van der Waals surface area contributed by atoms with Gasteiger partial charge in [-0.1, -0.05) is 6.92 Å². The Hall–Kier alpha value is -0.970. The highest BCUT2D eigenvalue weighted by Gasteiger charge is 2.60. The number of ether oxygens (including phenoxy) is 2. The van der Waals surface area contributed by atoms with Gasteiger partial charge >= 0.3 is 17.2 Å². The number of hydrogen-bond donors (Lipinski definition) is 0. The minimum Gasteiger partial charge on any atom is -0.691 e. The van der Waals surface area contributed by atoms with E-state index in [0.717, 1.165) is 57.8 Å². The quantitative estimate of drug-likeness (QED) is 0.233. The molecule has 2 atom stereocenters. The number of hydrogen-bond acceptors (Lipinski definition) is 8. The Morgan fingerprint density at radius 2 is 1.74 bits per heavy atom. The molecule has 0 aromatic heterocycles. The number of alkyl halides is 2. The second kappa shape index (κ2) is 8.76. The Morgan fingerprint density at radius 1 is 1.10 bits per heavy atom. The minimum atomic E-state index is -4.05. The summed E-state index contributed by atoms with van der Waals surface area (Å²) >= 11 is -0.685. The molecule has 0 heterocycles. The predicted octanol–water partition coefficient (Wildman–Crippen LogP) is 3.70. The van der Waals surface area contributed by atoms with Gasteiger partial charge in [-0.15, -0.1) is 0 Å². The predicted molar refractivity (Wildman–Crippen MR) is 103 cm³/mol. The summed E-state index contributed by atoms with van der Waals surface area (Å²) in [6, 6.07) is 0. The summed E-state index contributed by atoms with van der Waals surface area (Å²) in [6.07, 6.45) is 8.50. The first kappa shape index (κ1) is 23.2. The van der Waals surface area contributed by atoms with Gasteiger partial charge in [0.1, 0.15) is 17.6 Å². The third-order valence-electron chi connectivity index (χ3n) is 7.71. The fourth-order valence-corrected chi connectivity index (χ4v) is 7.08. The lowest BCUT2D eigenvalue weighted by molar-refractivity contribution is -0.777. The fourth-order valence-electron chi connectivity index (χ4n) is 6.84. The van der Waals surface area contributed by atoms with E-state index in [-0.39, 0.29) is 18.5 Å². The largest absolute Gasteiger partial charge is 0.691 e. The molecular weight excluding hydrogens is 434 g/mol. The molecule has 0 amide bonds. The number of carbonyl (C=O) groups is 2. The molecule has 31 heavy (non-hydrogen) atoms. The van der Waals surface area contributed by atoms with E-state index in [1.807, 2.05) is 0 Å². The lowest BCUT2D eigenvalue weighted by Gasteiger charge is -2.61. The average Bonchev–Trinajstić information content (AvgIpc) is 2.69. The number of carbonyl (C=O) groups excluding carboxylic acids is 2. The molecular formula is C21H29F2O7S-. The second-order valence-corrected chi connectivity index (χ2v) is 11.1. The van der Waals surface area contributed by atoms with Gasteiger partial charge in [0.15, 0.2) is 0 Å². The molecule has 10 heteroatoms. The number of rotatable bonds is 8. The lowest BCUT2D eigenvalue weighted by Crippen LogP contribution is -2.59. The molecule has 0 saturated heterocycles. The first-order chi connectivity index (χ1) is 14.6. The average molecular weight is 464 g/mol. The van der Waals surface area contributed by atoms with Crippen LogP contribution in [0.1, 0.15) is 71.1 Å². The first-order valence-corrected chi connectivity index (χ1v) is 11.8. The summed E-state index contributed by atoms with van der Waals surface area (Å²) in [4.78, 5) is 24.8. The molecule has 0 spiro atoms. The van der Waals surface area contributed by atoms with Gasteiger partial charge in [0.25, 0.3) is 0 Å². The molecule has 0 aliphatic heterocycles. The maximum Gasteiger partial charge on any atom is 0.415 e. The van der Waals surface area contributed by atoms with Crippen molar-refractivity contribution < 1.29 is 42.5 Å². The molecule has 5 aliphatic rings. The van der Waals surface area contributed by atoms with Crippen molar-refractivity contribution in [1.29, 1.82) is 0 Å². The Kier molecular flexibility index (Phi) is 6.55. The van der Waals surface area contributed by atoms with E-state index in [1.54, 1.807) is 0 Å². The van der Waals surface area contributed by atoms with Crippen LogP contribution < -0.4 is 5.26 Å². The summed E-state index contributed by atoms with van der Waals surface area (Å²) < 4.78 is 42.2. The summed E-state index contributed by atoms with van der Waals surface area (Å²) in [7, 11) is 0. The standard InChI is InChI=1S/C21H30F2O7S/c1-13-2-4-16(5-3-13)17(24)28-20-9-14-6-15(10-20)8-19(7-14,11-20)12-27-18(25)21(22,23)31-30-29-26/h13-16,26H,2-12H2,1H3/p-1. The highest BCUT2D eigenvalue weighted by atomic mass is 32.2. The molecule has 0 radical (unpaired) electrons. The zero-order valence-electron chi connectivity index (χ0n) is 17.6. The SMILES string of the molecule is CC1CCC(C(=O)OC23CC4CC(CC(COC(=O)C(F)(F)SOO[O-])(C4)C2)C3)CC1. The molecule has 176 valence electrons. The van der Waals surface area contributed by atoms with Crippen LogP contribution >= 0.6 is 12.0 Å². The van der Waals surface area contributed by atoms with E-state index in [9.17, 15) is 23.6 Å². The highest BCUT2D eigenvalue weighted by molar-refractivity contribution is 7.96. The first-order valence-electron chi connectivity index (χ1n) is 11.1. The van der Waals surface area contributed by atoms with Crippen molar-refractivity contribution in [2.45, 2.75) is 82.0 Å². The Balaban J connectivity index is 1.40. The monoisotopic (exact) mass is 463 g/mol. The number of halogens is 2. The Bertz CT molecular complexity index is 681. The number of esters is 2. The molecule has 0 aromatic rings. The smallest absolute Gasteiger partial charge is 0.415 e. The van der Waals surface area contributed by atoms with Crippen LogP contribution in [-0.4, -0.2) is 29.4 Å². The van der Waals surface area contributed by atoms with E-state index in [4.69, 9.17) is 9.47 Å². The van der Waals surface area contributed by atoms with Crippen LogP contribution in [0, 0.1) is 29.1 Å². The van der Waals surface area contributed by atoms with Crippen LogP contribution in [0.15, 0.2) is 0 Å². The molecule has 7 nitrogen and oxygen atoms in total. The van der Waals surface area contributed by atoms with Crippen molar-refractivity contribution in [3.05, 3.63) is 0 Å². The van der Waals surface area contributed by atoms with Gasteiger partial charge in [-0.3, -0.25) is 9.83 Å². The van der Waals surface area contributed by atoms with Gasteiger partial charge in [0, 0.05) is 5.41 Å². The van der Waals surface area contributed by atoms with Crippen molar-refractivity contribution in [3.8, 4) is 0 Å². The van der Waals surface area contributed by atoms with Gasteiger partial charge in [-0.25, -0.2) is 4.79 Å². The third kappa shape index (κ3) is 5.02. The van der Waals surface area contributed by atoms with Gasteiger partial charge in [0.05, 0.1) is 12.5 Å². The van der Waals surface area contributed by atoms with Crippen molar-refractivity contribution in [2.75, 3.05) is 6.61 Å². The molecule has 5 aliphatic carbocycles. The molecule has 0 N–H and O–H groups in total. The normalized spacial score (nSPS) is 39.4. The zero-order valence-corrected chi connectivity index (χ0v) is 18.4. The summed E-state index contributed by atoms with van der Waals surface area (Å²) in [5, 5.41) is 8.61. The Morgan fingerprint density at radius 3 is 2.35 bits per heavy atom. The molecule has 5 fully saturated rings. The van der Waals surface area contributed by atoms with Crippen LogP contribution in [0.25, 0.3) is 0 Å². The summed E-state index contributed by atoms with van der Waals surface area (Å²) in [6.45, 7) is 2.04. The highest BCUT2D eigenvalue weighted by Crippen LogP contribution is 2.63. The second-order valence-electron chi connectivity index (χ2n) is 10.3. The Labute approximate surface area is 184 Å².